The molecule has 2 heterocycles. The van der Waals surface area contributed by atoms with Crippen LogP contribution in [0, 0.1) is 13.8 Å². The molecule has 0 fully saturated rings. The molecule has 0 radical (unpaired) electrons. The Kier molecular flexibility index (Phi) is 4.66. The summed E-state index contributed by atoms with van der Waals surface area (Å²) in [7, 11) is 0. The first kappa shape index (κ1) is 18.9. The number of hydrogen-bond donors (Lipinski definition) is 0. The summed E-state index contributed by atoms with van der Waals surface area (Å²) in [5.41, 5.74) is 3.36. The zero-order valence-corrected chi connectivity index (χ0v) is 15.8. The van der Waals surface area contributed by atoms with Crippen molar-refractivity contribution in [1.29, 1.82) is 0 Å². The minimum atomic E-state index is -4.69. The van der Waals surface area contributed by atoms with E-state index < -0.39 is 12.0 Å². The Morgan fingerprint density at radius 3 is 1.90 bits per heavy atom. The normalized spacial score (nSPS) is 11.6. The second-order valence-electron chi connectivity index (χ2n) is 6.66. The van der Waals surface area contributed by atoms with Crippen molar-refractivity contribution < 1.29 is 13.2 Å². The Hall–Kier alpha value is -3.48. The highest BCUT2D eigenvalue weighted by Gasteiger charge is 2.37. The topological polar surface area (TPSA) is 43.6 Å². The lowest BCUT2D eigenvalue weighted by Gasteiger charge is -2.17. The monoisotopic (exact) mass is 394 g/mol. The van der Waals surface area contributed by atoms with Crippen molar-refractivity contribution in [2.75, 3.05) is 0 Å². The molecule has 0 saturated heterocycles. The maximum Gasteiger partial charge on any atom is 0.451 e. The van der Waals surface area contributed by atoms with Gasteiger partial charge in [0.2, 0.25) is 5.82 Å². The summed E-state index contributed by atoms with van der Waals surface area (Å²) >= 11 is 0. The number of rotatable bonds is 3. The van der Waals surface area contributed by atoms with Crippen LogP contribution in [0.4, 0.5) is 13.2 Å². The number of alkyl halides is 3. The van der Waals surface area contributed by atoms with Crippen LogP contribution >= 0.6 is 0 Å². The molecule has 0 aliphatic carbocycles. The van der Waals surface area contributed by atoms with Crippen molar-refractivity contribution >= 4 is 0 Å². The van der Waals surface area contributed by atoms with Crippen molar-refractivity contribution in [2.45, 2.75) is 20.0 Å². The third kappa shape index (κ3) is 3.63. The number of aromatic nitrogens is 4. The first-order valence-corrected chi connectivity index (χ1v) is 8.98. The van der Waals surface area contributed by atoms with Crippen LogP contribution in [0.1, 0.15) is 17.2 Å². The number of nitrogens with zero attached hydrogens (tertiary/aromatic N) is 4. The summed E-state index contributed by atoms with van der Waals surface area (Å²) in [6.45, 7) is 3.57. The van der Waals surface area contributed by atoms with E-state index in [0.29, 0.717) is 28.1 Å². The van der Waals surface area contributed by atoms with E-state index in [-0.39, 0.29) is 11.5 Å². The zero-order chi connectivity index (χ0) is 20.6. The predicted molar refractivity (Wildman–Crippen MR) is 105 cm³/mol. The second-order valence-corrected chi connectivity index (χ2v) is 6.66. The van der Waals surface area contributed by atoms with E-state index in [1.54, 1.807) is 50.2 Å². The molecule has 2 aromatic carbocycles. The van der Waals surface area contributed by atoms with E-state index >= 15 is 0 Å². The molecule has 4 aromatic rings. The first-order valence-electron chi connectivity index (χ1n) is 8.98. The third-order valence-electron chi connectivity index (χ3n) is 4.46. The molecule has 0 aliphatic rings. The quantitative estimate of drug-likeness (QED) is 0.452. The van der Waals surface area contributed by atoms with Gasteiger partial charge in [-0.3, -0.25) is 0 Å². The molecule has 7 heteroatoms. The highest BCUT2D eigenvalue weighted by Crippen LogP contribution is 2.38. The minimum Gasteiger partial charge on any atom is -0.224 e. The molecule has 0 unspecified atom stereocenters. The van der Waals surface area contributed by atoms with Gasteiger partial charge in [-0.2, -0.15) is 18.3 Å². The van der Waals surface area contributed by atoms with E-state index in [4.69, 9.17) is 0 Å². The lowest BCUT2D eigenvalue weighted by atomic mass is 9.99. The van der Waals surface area contributed by atoms with E-state index in [1.807, 2.05) is 30.3 Å². The van der Waals surface area contributed by atoms with Crippen LogP contribution in [0.15, 0.2) is 66.7 Å². The smallest absolute Gasteiger partial charge is 0.224 e. The van der Waals surface area contributed by atoms with Gasteiger partial charge in [0, 0.05) is 11.3 Å². The van der Waals surface area contributed by atoms with Crippen molar-refractivity contribution in [3.63, 3.8) is 0 Å². The number of hydrogen-bond acceptors (Lipinski definition) is 3. The van der Waals surface area contributed by atoms with Gasteiger partial charge in [-0.15, -0.1) is 0 Å². The maximum absolute atomic E-state index is 13.7. The average Bonchev–Trinajstić information content (AvgIpc) is 3.05. The summed E-state index contributed by atoms with van der Waals surface area (Å²) in [4.78, 5) is 7.85. The summed E-state index contributed by atoms with van der Waals surface area (Å²) in [6.07, 6.45) is -4.69. The molecule has 146 valence electrons. The Balaban J connectivity index is 2.14. The van der Waals surface area contributed by atoms with Gasteiger partial charge in [-0.1, -0.05) is 60.7 Å². The van der Waals surface area contributed by atoms with Gasteiger partial charge < -0.3 is 0 Å². The van der Waals surface area contributed by atoms with E-state index in [0.717, 1.165) is 0 Å². The van der Waals surface area contributed by atoms with Gasteiger partial charge in [0.25, 0.3) is 0 Å². The zero-order valence-electron chi connectivity index (χ0n) is 15.8. The Morgan fingerprint density at radius 2 is 1.38 bits per heavy atom. The fourth-order valence-electron chi connectivity index (χ4n) is 3.25. The molecule has 0 spiro atoms. The summed E-state index contributed by atoms with van der Waals surface area (Å²) in [6, 6.07) is 19.8. The third-order valence-corrected chi connectivity index (χ3v) is 4.46. The van der Waals surface area contributed by atoms with Crippen molar-refractivity contribution in [2.24, 2.45) is 0 Å². The highest BCUT2D eigenvalue weighted by molar-refractivity contribution is 5.85. The van der Waals surface area contributed by atoms with Crippen LogP contribution in [-0.2, 0) is 6.18 Å². The highest BCUT2D eigenvalue weighted by atomic mass is 19.4. The molecule has 0 N–H and O–H groups in total. The van der Waals surface area contributed by atoms with Gasteiger partial charge in [0.15, 0.2) is 5.82 Å². The molecule has 0 saturated carbocycles. The van der Waals surface area contributed by atoms with Crippen LogP contribution in [0.25, 0.3) is 28.2 Å². The molecule has 4 rings (SSSR count). The van der Waals surface area contributed by atoms with Gasteiger partial charge in [-0.05, 0) is 25.5 Å². The van der Waals surface area contributed by atoms with E-state index in [9.17, 15) is 13.2 Å². The average molecular weight is 394 g/mol. The number of aryl methyl sites for hydroxylation is 2. The standard InChI is InChI=1S/C22H17F3N4/c1-14-13-15(2)29(28-14)20-18(16-9-5-3-6-10-16)19(17-11-7-4-8-12-17)26-21(27-20)22(23,24)25/h3-13H,1-2H3. The molecule has 0 amide bonds. The maximum atomic E-state index is 13.7. The molecular formula is C22H17F3N4. The molecule has 4 nitrogen and oxygen atoms in total. The van der Waals surface area contributed by atoms with Crippen molar-refractivity contribution in [3.8, 4) is 28.2 Å². The van der Waals surface area contributed by atoms with Gasteiger partial charge in [-0.25, -0.2) is 14.6 Å². The van der Waals surface area contributed by atoms with Crippen LogP contribution in [0.5, 0.6) is 0 Å². The van der Waals surface area contributed by atoms with Crippen LogP contribution in [0.3, 0.4) is 0 Å². The Morgan fingerprint density at radius 1 is 0.793 bits per heavy atom. The molecule has 0 atom stereocenters. The summed E-state index contributed by atoms with van der Waals surface area (Å²) < 4.78 is 42.4. The lowest BCUT2D eigenvalue weighted by Crippen LogP contribution is -2.16. The van der Waals surface area contributed by atoms with Gasteiger partial charge >= 0.3 is 6.18 Å². The largest absolute Gasteiger partial charge is 0.451 e. The lowest BCUT2D eigenvalue weighted by molar-refractivity contribution is -0.144. The Bertz CT molecular complexity index is 1150. The fourth-order valence-corrected chi connectivity index (χ4v) is 3.25. The van der Waals surface area contributed by atoms with Gasteiger partial charge in [0.1, 0.15) is 0 Å². The molecule has 0 bridgehead atoms. The van der Waals surface area contributed by atoms with E-state index in [1.165, 1.54) is 4.68 Å². The predicted octanol–water partition coefficient (Wildman–Crippen LogP) is 5.63. The van der Waals surface area contributed by atoms with Crippen LogP contribution < -0.4 is 0 Å². The molecular weight excluding hydrogens is 377 g/mol. The van der Waals surface area contributed by atoms with Crippen LogP contribution in [0.2, 0.25) is 0 Å². The summed E-state index contributed by atoms with van der Waals surface area (Å²) in [5, 5.41) is 4.38. The SMILES string of the molecule is Cc1cc(C)n(-c2nc(C(F)(F)F)nc(-c3ccccc3)c2-c2ccccc2)n1. The molecule has 29 heavy (non-hydrogen) atoms. The van der Waals surface area contributed by atoms with E-state index in [2.05, 4.69) is 15.1 Å². The summed E-state index contributed by atoms with van der Waals surface area (Å²) in [5.74, 6) is -1.10. The van der Waals surface area contributed by atoms with Gasteiger partial charge in [0.05, 0.1) is 17.0 Å². The number of halogens is 3. The molecule has 2 aromatic heterocycles. The first-order chi connectivity index (χ1) is 13.8. The fraction of sp³-hybridized carbons (Fsp3) is 0.136. The molecule has 0 aliphatic heterocycles. The van der Waals surface area contributed by atoms with Crippen LogP contribution in [-0.4, -0.2) is 19.7 Å². The second kappa shape index (κ2) is 7.16. The van der Waals surface area contributed by atoms with Crippen molar-refractivity contribution in [1.82, 2.24) is 19.7 Å². The Labute approximate surface area is 165 Å². The van der Waals surface area contributed by atoms with Crippen molar-refractivity contribution in [3.05, 3.63) is 83.9 Å². The minimum absolute atomic E-state index is 0.1000. The number of benzene rings is 2.